The van der Waals surface area contributed by atoms with Gasteiger partial charge >= 0.3 is 0 Å². The molecule has 1 aromatic rings. The van der Waals surface area contributed by atoms with Gasteiger partial charge in [0.25, 0.3) is 0 Å². The van der Waals surface area contributed by atoms with Crippen molar-refractivity contribution in [1.29, 1.82) is 0 Å². The Kier molecular flexibility index (Phi) is 3.53. The molecule has 2 atom stereocenters. The van der Waals surface area contributed by atoms with E-state index in [4.69, 9.17) is 14.2 Å². The molecule has 1 aliphatic carbocycles. The molecule has 1 fully saturated rings. The zero-order valence-corrected chi connectivity index (χ0v) is 14.0. The number of phenols is 1. The first-order valence-electron chi connectivity index (χ1n) is 7.65. The van der Waals surface area contributed by atoms with Crippen LogP contribution in [0.2, 0.25) is 0 Å². The SMILES string of the molecule is CO[C@]1(C)C[C@H](N(C)Cc2cc3c(cc2O)OCO3)C1(C)C. The highest BCUT2D eigenvalue weighted by Gasteiger charge is 2.58. The molecule has 0 radical (unpaired) electrons. The second-order valence-electron chi connectivity index (χ2n) is 7.13. The van der Waals surface area contributed by atoms with Crippen molar-refractivity contribution in [1.82, 2.24) is 4.90 Å². The second-order valence-corrected chi connectivity index (χ2v) is 7.13. The third kappa shape index (κ3) is 2.15. The maximum absolute atomic E-state index is 10.2. The minimum Gasteiger partial charge on any atom is -0.507 e. The Balaban J connectivity index is 1.75. The molecule has 1 heterocycles. The van der Waals surface area contributed by atoms with Crippen molar-refractivity contribution in [2.75, 3.05) is 21.0 Å². The van der Waals surface area contributed by atoms with Gasteiger partial charge in [-0.1, -0.05) is 13.8 Å². The summed E-state index contributed by atoms with van der Waals surface area (Å²) in [7, 11) is 3.87. The average molecular weight is 307 g/mol. The number of rotatable bonds is 4. The Morgan fingerprint density at radius 2 is 1.91 bits per heavy atom. The zero-order valence-electron chi connectivity index (χ0n) is 14.0. The van der Waals surface area contributed by atoms with Crippen LogP contribution in [-0.4, -0.2) is 42.6 Å². The molecule has 0 spiro atoms. The molecule has 1 N–H and O–H groups in total. The van der Waals surface area contributed by atoms with E-state index < -0.39 is 0 Å². The van der Waals surface area contributed by atoms with Gasteiger partial charge in [-0.2, -0.15) is 0 Å². The smallest absolute Gasteiger partial charge is 0.231 e. The van der Waals surface area contributed by atoms with Crippen molar-refractivity contribution < 1.29 is 19.3 Å². The summed E-state index contributed by atoms with van der Waals surface area (Å²) in [4.78, 5) is 2.28. The summed E-state index contributed by atoms with van der Waals surface area (Å²) in [6.07, 6.45) is 0.984. The fraction of sp³-hybridized carbons (Fsp3) is 0.647. The highest BCUT2D eigenvalue weighted by Crippen LogP contribution is 2.54. The van der Waals surface area contributed by atoms with Crippen LogP contribution in [0.25, 0.3) is 0 Å². The van der Waals surface area contributed by atoms with E-state index in [0.717, 1.165) is 12.0 Å². The Bertz CT molecular complexity index is 586. The predicted molar refractivity (Wildman–Crippen MR) is 83.3 cm³/mol. The Morgan fingerprint density at radius 1 is 1.27 bits per heavy atom. The topological polar surface area (TPSA) is 51.2 Å². The average Bonchev–Trinajstić information content (AvgIpc) is 2.91. The number of methoxy groups -OCH3 is 1. The molecule has 2 aliphatic rings. The van der Waals surface area contributed by atoms with Gasteiger partial charge < -0.3 is 19.3 Å². The first kappa shape index (κ1) is 15.4. The number of benzene rings is 1. The van der Waals surface area contributed by atoms with E-state index in [-0.39, 0.29) is 23.6 Å². The molecule has 0 aromatic heterocycles. The molecule has 22 heavy (non-hydrogen) atoms. The lowest BCUT2D eigenvalue weighted by Gasteiger charge is -2.61. The fourth-order valence-electron chi connectivity index (χ4n) is 3.64. The van der Waals surface area contributed by atoms with Gasteiger partial charge in [0.2, 0.25) is 6.79 Å². The molecule has 0 saturated heterocycles. The van der Waals surface area contributed by atoms with Crippen molar-refractivity contribution >= 4 is 0 Å². The second kappa shape index (κ2) is 5.03. The standard InChI is InChI=1S/C17H25NO4/c1-16(2)15(8-17(16,3)20-5)18(4)9-11-6-13-14(7-12(11)19)22-10-21-13/h6-7,15,19H,8-10H2,1-5H3/t15-,17+/m0/s1. The van der Waals surface area contributed by atoms with Gasteiger partial charge in [0.05, 0.1) is 5.60 Å². The van der Waals surface area contributed by atoms with E-state index in [2.05, 4.69) is 32.7 Å². The summed E-state index contributed by atoms with van der Waals surface area (Å²) >= 11 is 0. The number of hydrogen-bond acceptors (Lipinski definition) is 5. The van der Waals surface area contributed by atoms with Crippen molar-refractivity contribution in [2.45, 2.75) is 45.4 Å². The number of aromatic hydroxyl groups is 1. The molecule has 5 heteroatoms. The number of nitrogens with zero attached hydrogens (tertiary/aromatic N) is 1. The summed E-state index contributed by atoms with van der Waals surface area (Å²) in [5.41, 5.74) is 0.819. The van der Waals surface area contributed by atoms with Crippen LogP contribution in [0.3, 0.4) is 0 Å². The van der Waals surface area contributed by atoms with Crippen LogP contribution < -0.4 is 9.47 Å². The highest BCUT2D eigenvalue weighted by molar-refractivity contribution is 5.51. The fourth-order valence-corrected chi connectivity index (χ4v) is 3.64. The first-order chi connectivity index (χ1) is 10.3. The van der Waals surface area contributed by atoms with E-state index in [0.29, 0.717) is 24.1 Å². The summed E-state index contributed by atoms with van der Waals surface area (Å²) < 4.78 is 16.4. The molecule has 1 saturated carbocycles. The van der Waals surface area contributed by atoms with Gasteiger partial charge in [-0.05, 0) is 26.5 Å². The quantitative estimate of drug-likeness (QED) is 0.927. The van der Waals surface area contributed by atoms with E-state index in [9.17, 15) is 5.11 Å². The van der Waals surface area contributed by atoms with Gasteiger partial charge in [-0.25, -0.2) is 0 Å². The van der Waals surface area contributed by atoms with Gasteiger partial charge in [0.1, 0.15) is 5.75 Å². The minimum absolute atomic E-state index is 0.0580. The molecule has 0 bridgehead atoms. The van der Waals surface area contributed by atoms with E-state index in [1.807, 2.05) is 6.07 Å². The summed E-state index contributed by atoms with van der Waals surface area (Å²) in [5.74, 6) is 1.57. The molecule has 5 nitrogen and oxygen atoms in total. The van der Waals surface area contributed by atoms with Gasteiger partial charge in [-0.15, -0.1) is 0 Å². The normalized spacial score (nSPS) is 28.7. The van der Waals surface area contributed by atoms with Crippen LogP contribution in [0.1, 0.15) is 32.8 Å². The summed E-state index contributed by atoms with van der Waals surface area (Å²) in [6.45, 7) is 7.52. The molecule has 1 aromatic carbocycles. The van der Waals surface area contributed by atoms with Crippen LogP contribution in [0.15, 0.2) is 12.1 Å². The predicted octanol–water partition coefficient (Wildman–Crippen LogP) is 2.76. The molecule has 3 rings (SSSR count). The molecule has 0 unspecified atom stereocenters. The third-order valence-electron chi connectivity index (χ3n) is 5.76. The third-order valence-corrected chi connectivity index (χ3v) is 5.76. The number of ether oxygens (including phenoxy) is 3. The summed E-state index contributed by atoms with van der Waals surface area (Å²) in [6, 6.07) is 3.91. The van der Waals surface area contributed by atoms with E-state index in [1.54, 1.807) is 13.2 Å². The maximum atomic E-state index is 10.2. The Labute approximate surface area is 131 Å². The molecule has 1 aliphatic heterocycles. The van der Waals surface area contributed by atoms with Crippen molar-refractivity contribution in [3.05, 3.63) is 17.7 Å². The van der Waals surface area contributed by atoms with Crippen molar-refractivity contribution in [3.8, 4) is 17.2 Å². The summed E-state index contributed by atoms with van der Waals surface area (Å²) in [5, 5.41) is 10.2. The molecule has 122 valence electrons. The monoisotopic (exact) mass is 307 g/mol. The van der Waals surface area contributed by atoms with Gasteiger partial charge in [-0.3, -0.25) is 4.90 Å². The lowest BCUT2D eigenvalue weighted by Crippen LogP contribution is -2.67. The Morgan fingerprint density at radius 3 is 2.50 bits per heavy atom. The van der Waals surface area contributed by atoms with Crippen LogP contribution >= 0.6 is 0 Å². The number of phenolic OH excluding ortho intramolecular Hbond substituents is 1. The molecular weight excluding hydrogens is 282 g/mol. The van der Waals surface area contributed by atoms with E-state index in [1.165, 1.54) is 0 Å². The number of fused-ring (bicyclic) bond motifs is 1. The minimum atomic E-state index is -0.0944. The lowest BCUT2D eigenvalue weighted by atomic mass is 9.55. The Hall–Kier alpha value is -1.46. The number of hydrogen-bond donors (Lipinski definition) is 1. The van der Waals surface area contributed by atoms with Crippen molar-refractivity contribution in [2.24, 2.45) is 5.41 Å². The van der Waals surface area contributed by atoms with Gasteiger partial charge in [0, 0.05) is 36.7 Å². The highest BCUT2D eigenvalue weighted by atomic mass is 16.7. The first-order valence-corrected chi connectivity index (χ1v) is 7.65. The van der Waals surface area contributed by atoms with Crippen LogP contribution in [0.5, 0.6) is 17.2 Å². The van der Waals surface area contributed by atoms with Crippen LogP contribution in [0.4, 0.5) is 0 Å². The van der Waals surface area contributed by atoms with Crippen molar-refractivity contribution in [3.63, 3.8) is 0 Å². The van der Waals surface area contributed by atoms with E-state index >= 15 is 0 Å². The largest absolute Gasteiger partial charge is 0.507 e. The zero-order chi connectivity index (χ0) is 16.1. The maximum Gasteiger partial charge on any atom is 0.231 e. The van der Waals surface area contributed by atoms with Crippen LogP contribution in [-0.2, 0) is 11.3 Å². The van der Waals surface area contributed by atoms with Crippen LogP contribution in [0, 0.1) is 5.41 Å². The molecular formula is C17H25NO4. The van der Waals surface area contributed by atoms with Gasteiger partial charge in [0.15, 0.2) is 11.5 Å². The lowest BCUT2D eigenvalue weighted by molar-refractivity contribution is -0.207. The molecule has 0 amide bonds.